The van der Waals surface area contributed by atoms with Gasteiger partial charge in [-0.15, -0.1) is 11.3 Å². The predicted molar refractivity (Wildman–Crippen MR) is 106 cm³/mol. The summed E-state index contributed by atoms with van der Waals surface area (Å²) in [6.45, 7) is 9.82. The largest absolute Gasteiger partial charge is 0.341 e. The molecule has 1 aromatic heterocycles. The van der Waals surface area contributed by atoms with Gasteiger partial charge in [-0.2, -0.15) is 0 Å². The van der Waals surface area contributed by atoms with Gasteiger partial charge in [0, 0.05) is 17.1 Å². The van der Waals surface area contributed by atoms with Crippen LogP contribution in [0.2, 0.25) is 0 Å². The van der Waals surface area contributed by atoms with E-state index in [2.05, 4.69) is 67.6 Å². The molecule has 0 bridgehead atoms. The van der Waals surface area contributed by atoms with Crippen molar-refractivity contribution in [2.75, 3.05) is 11.9 Å². The van der Waals surface area contributed by atoms with E-state index in [-0.39, 0.29) is 6.04 Å². The van der Waals surface area contributed by atoms with Gasteiger partial charge in [-0.1, -0.05) is 38.1 Å². The number of thiophene rings is 1. The van der Waals surface area contributed by atoms with Crippen molar-refractivity contribution >= 4 is 34.4 Å². The monoisotopic (exact) mass is 346 g/mol. The van der Waals surface area contributed by atoms with Crippen LogP contribution in [0.25, 0.3) is 0 Å². The number of hydrogen-bond donors (Lipinski definition) is 1. The average molecular weight is 347 g/mol. The summed E-state index contributed by atoms with van der Waals surface area (Å²) in [7, 11) is 0. The molecule has 1 N–H and O–H groups in total. The van der Waals surface area contributed by atoms with Crippen molar-refractivity contribution in [3.63, 3.8) is 0 Å². The summed E-state index contributed by atoms with van der Waals surface area (Å²) in [6.07, 6.45) is 1.13. The van der Waals surface area contributed by atoms with Crippen molar-refractivity contribution in [1.82, 2.24) is 4.90 Å². The molecule has 0 saturated heterocycles. The Kier molecular flexibility index (Phi) is 6.60. The van der Waals surface area contributed by atoms with Gasteiger partial charge in [-0.05, 0) is 61.5 Å². The van der Waals surface area contributed by atoms with Crippen LogP contribution in [-0.2, 0) is 0 Å². The van der Waals surface area contributed by atoms with Crippen LogP contribution in [0.15, 0.2) is 41.8 Å². The molecule has 23 heavy (non-hydrogen) atoms. The summed E-state index contributed by atoms with van der Waals surface area (Å²) < 4.78 is 0. The maximum absolute atomic E-state index is 5.74. The molecular weight excluding hydrogens is 320 g/mol. The number of rotatable bonds is 6. The second-order valence-corrected chi connectivity index (χ2v) is 7.68. The maximum atomic E-state index is 5.74. The summed E-state index contributed by atoms with van der Waals surface area (Å²) in [5.41, 5.74) is 2.30. The average Bonchev–Trinajstić information content (AvgIpc) is 3.03. The third-order valence-electron chi connectivity index (χ3n) is 4.02. The molecule has 124 valence electrons. The molecule has 0 saturated carbocycles. The van der Waals surface area contributed by atoms with Gasteiger partial charge in [0.2, 0.25) is 0 Å². The Morgan fingerprint density at radius 2 is 1.91 bits per heavy atom. The number of thiocarbonyl (C=S) groups is 1. The Morgan fingerprint density at radius 1 is 1.17 bits per heavy atom. The molecule has 0 aliphatic carbocycles. The molecule has 0 spiro atoms. The van der Waals surface area contributed by atoms with Gasteiger partial charge in [0.25, 0.3) is 0 Å². The first-order chi connectivity index (χ1) is 11.0. The molecule has 1 atom stereocenters. The van der Waals surface area contributed by atoms with E-state index in [1.54, 1.807) is 11.3 Å². The molecule has 1 aromatic carbocycles. The van der Waals surface area contributed by atoms with E-state index < -0.39 is 0 Å². The van der Waals surface area contributed by atoms with Crippen molar-refractivity contribution in [2.24, 2.45) is 5.92 Å². The first-order valence-electron chi connectivity index (χ1n) is 8.15. The molecule has 0 fully saturated rings. The third kappa shape index (κ3) is 5.05. The fourth-order valence-electron chi connectivity index (χ4n) is 2.45. The molecule has 1 unspecified atom stereocenters. The van der Waals surface area contributed by atoms with Crippen LogP contribution in [0.3, 0.4) is 0 Å². The van der Waals surface area contributed by atoms with Gasteiger partial charge in [0.15, 0.2) is 5.11 Å². The van der Waals surface area contributed by atoms with Crippen molar-refractivity contribution in [3.05, 3.63) is 52.2 Å². The molecule has 2 aromatic rings. The Labute approximate surface area is 149 Å². The Hall–Kier alpha value is -1.39. The van der Waals surface area contributed by atoms with E-state index in [0.717, 1.165) is 23.8 Å². The van der Waals surface area contributed by atoms with Crippen LogP contribution in [0.5, 0.6) is 0 Å². The van der Waals surface area contributed by atoms with Crippen LogP contribution in [-0.4, -0.2) is 16.6 Å². The van der Waals surface area contributed by atoms with Gasteiger partial charge in [0.1, 0.15) is 0 Å². The van der Waals surface area contributed by atoms with Crippen LogP contribution < -0.4 is 5.32 Å². The molecule has 4 heteroatoms. The summed E-state index contributed by atoms with van der Waals surface area (Å²) >= 11 is 7.53. The van der Waals surface area contributed by atoms with Gasteiger partial charge in [-0.3, -0.25) is 0 Å². The third-order valence-corrected chi connectivity index (χ3v) is 5.40. The highest BCUT2D eigenvalue weighted by atomic mass is 32.1. The van der Waals surface area contributed by atoms with Gasteiger partial charge in [0.05, 0.1) is 6.04 Å². The Bertz CT molecular complexity index is 620. The molecular formula is C19H26N2S2. The first kappa shape index (κ1) is 18.0. The zero-order chi connectivity index (χ0) is 16.8. The zero-order valence-corrected chi connectivity index (χ0v) is 16.0. The number of para-hydroxylation sites is 1. The van der Waals surface area contributed by atoms with Crippen molar-refractivity contribution in [1.29, 1.82) is 0 Å². The predicted octanol–water partition coefficient (Wildman–Crippen LogP) is 5.86. The molecule has 0 amide bonds. The van der Waals surface area contributed by atoms with E-state index in [4.69, 9.17) is 12.2 Å². The lowest BCUT2D eigenvalue weighted by Gasteiger charge is -2.32. The fourth-order valence-corrected chi connectivity index (χ4v) is 3.61. The second-order valence-electron chi connectivity index (χ2n) is 6.31. The summed E-state index contributed by atoms with van der Waals surface area (Å²) in [6, 6.07) is 12.9. The normalized spacial score (nSPS) is 12.2. The lowest BCUT2D eigenvalue weighted by atomic mass is 10.1. The van der Waals surface area contributed by atoms with Crippen LogP contribution in [0.4, 0.5) is 5.69 Å². The topological polar surface area (TPSA) is 15.3 Å². The van der Waals surface area contributed by atoms with E-state index >= 15 is 0 Å². The number of hydrogen-bond acceptors (Lipinski definition) is 2. The minimum atomic E-state index is 0.290. The number of aryl methyl sites for hydroxylation is 1. The highest BCUT2D eigenvalue weighted by molar-refractivity contribution is 7.80. The van der Waals surface area contributed by atoms with Gasteiger partial charge >= 0.3 is 0 Å². The van der Waals surface area contributed by atoms with Crippen molar-refractivity contribution < 1.29 is 0 Å². The van der Waals surface area contributed by atoms with Crippen LogP contribution in [0.1, 0.15) is 43.7 Å². The lowest BCUT2D eigenvalue weighted by molar-refractivity contribution is 0.322. The van der Waals surface area contributed by atoms with Crippen molar-refractivity contribution in [2.45, 2.75) is 40.2 Å². The SMILES string of the molecule is Cc1ccccc1NC(=S)N(CCC(C)C)C(C)c1cccs1. The van der Waals surface area contributed by atoms with Crippen molar-refractivity contribution in [3.8, 4) is 0 Å². The van der Waals surface area contributed by atoms with Crippen LogP contribution >= 0.6 is 23.6 Å². The number of anilines is 1. The molecule has 0 radical (unpaired) electrons. The quantitative estimate of drug-likeness (QED) is 0.659. The maximum Gasteiger partial charge on any atom is 0.173 e. The molecule has 1 heterocycles. The molecule has 0 aliphatic heterocycles. The Balaban J connectivity index is 2.15. The van der Waals surface area contributed by atoms with E-state index in [9.17, 15) is 0 Å². The number of nitrogens with one attached hydrogen (secondary N) is 1. The highest BCUT2D eigenvalue weighted by Gasteiger charge is 2.20. The van der Waals surface area contributed by atoms with Crippen LogP contribution in [0, 0.1) is 12.8 Å². The highest BCUT2D eigenvalue weighted by Crippen LogP contribution is 2.26. The van der Waals surface area contributed by atoms with Gasteiger partial charge < -0.3 is 10.2 Å². The number of benzene rings is 1. The summed E-state index contributed by atoms with van der Waals surface area (Å²) in [4.78, 5) is 3.66. The standard InChI is InChI=1S/C19H26N2S2/c1-14(2)11-12-21(16(4)18-10-7-13-23-18)19(22)20-17-9-6-5-8-15(17)3/h5-10,13-14,16H,11-12H2,1-4H3,(H,20,22). The lowest BCUT2D eigenvalue weighted by Crippen LogP contribution is -2.38. The summed E-state index contributed by atoms with van der Waals surface area (Å²) in [5, 5.41) is 6.37. The minimum Gasteiger partial charge on any atom is -0.341 e. The Morgan fingerprint density at radius 3 is 2.52 bits per heavy atom. The fraction of sp³-hybridized carbons (Fsp3) is 0.421. The zero-order valence-electron chi connectivity index (χ0n) is 14.4. The molecule has 0 aliphatic rings. The summed E-state index contributed by atoms with van der Waals surface area (Å²) in [5.74, 6) is 0.661. The second kappa shape index (κ2) is 8.46. The first-order valence-corrected chi connectivity index (χ1v) is 9.44. The smallest absolute Gasteiger partial charge is 0.173 e. The van der Waals surface area contributed by atoms with E-state index in [1.807, 2.05) is 12.1 Å². The van der Waals surface area contributed by atoms with Gasteiger partial charge in [-0.25, -0.2) is 0 Å². The molecule has 2 rings (SSSR count). The van der Waals surface area contributed by atoms with E-state index in [1.165, 1.54) is 10.4 Å². The minimum absolute atomic E-state index is 0.290. The van der Waals surface area contributed by atoms with E-state index in [0.29, 0.717) is 5.92 Å². The number of nitrogens with zero attached hydrogens (tertiary/aromatic N) is 1. The molecule has 2 nitrogen and oxygen atoms in total.